The maximum Gasteiger partial charge on any atom is 0.280 e. The molecule has 0 amide bonds. The second-order valence-electron chi connectivity index (χ2n) is 5.57. The molecule has 2 saturated heterocycles. The third-order valence-corrected chi connectivity index (χ3v) is 7.48. The predicted octanol–water partition coefficient (Wildman–Crippen LogP) is -0.789. The Morgan fingerprint density at radius 3 is 2.60 bits per heavy atom. The number of nitrogens with one attached hydrogen (secondary N) is 1. The first kappa shape index (κ1) is 16.2. The highest BCUT2D eigenvalue weighted by Gasteiger charge is 2.35. The van der Waals surface area contributed by atoms with Crippen LogP contribution >= 0.6 is 0 Å². The summed E-state index contributed by atoms with van der Waals surface area (Å²) in [6.45, 7) is 0.751. The van der Waals surface area contributed by atoms with Gasteiger partial charge in [-0.25, -0.2) is 8.42 Å². The van der Waals surface area contributed by atoms with Gasteiger partial charge in [0.25, 0.3) is 10.2 Å². The number of nitrogens with two attached hydrogens (primary N) is 1. The third kappa shape index (κ3) is 3.91. The van der Waals surface area contributed by atoms with Gasteiger partial charge in [-0.05, 0) is 25.7 Å². The lowest BCUT2D eigenvalue weighted by Crippen LogP contribution is -2.55. The summed E-state index contributed by atoms with van der Waals surface area (Å²) in [6.07, 6.45) is 3.64. The number of rotatable bonds is 4. The summed E-state index contributed by atoms with van der Waals surface area (Å²) in [5, 5.41) is 0. The molecule has 0 saturated carbocycles. The van der Waals surface area contributed by atoms with Crippen LogP contribution in [0.25, 0.3) is 0 Å². The second kappa shape index (κ2) is 6.27. The van der Waals surface area contributed by atoms with Crippen molar-refractivity contribution in [1.29, 1.82) is 0 Å². The van der Waals surface area contributed by atoms with E-state index in [1.807, 2.05) is 0 Å². The molecule has 7 nitrogen and oxygen atoms in total. The molecule has 2 atom stereocenters. The predicted molar refractivity (Wildman–Crippen MR) is 77.1 cm³/mol. The van der Waals surface area contributed by atoms with Gasteiger partial charge in [0.15, 0.2) is 9.84 Å². The van der Waals surface area contributed by atoms with Gasteiger partial charge in [0.2, 0.25) is 0 Å². The summed E-state index contributed by atoms with van der Waals surface area (Å²) in [6, 6.07) is -0.694. The summed E-state index contributed by atoms with van der Waals surface area (Å²) in [4.78, 5) is 0. The Balaban J connectivity index is 2.06. The van der Waals surface area contributed by atoms with E-state index >= 15 is 0 Å². The van der Waals surface area contributed by atoms with E-state index in [1.54, 1.807) is 0 Å². The zero-order chi connectivity index (χ0) is 14.8. The Bertz CT molecular complexity index is 532. The summed E-state index contributed by atoms with van der Waals surface area (Å²) in [5.41, 5.74) is 5.64. The lowest BCUT2D eigenvalue weighted by Gasteiger charge is -2.35. The number of hydrogen-bond donors (Lipinski definition) is 2. The molecule has 0 radical (unpaired) electrons. The van der Waals surface area contributed by atoms with Crippen molar-refractivity contribution in [1.82, 2.24) is 9.03 Å². The van der Waals surface area contributed by atoms with Crippen molar-refractivity contribution in [2.75, 3.05) is 24.6 Å². The first-order valence-corrected chi connectivity index (χ1v) is 10.3. The standard InChI is InChI=1S/C11H23N3O4S2/c12-8-11-5-1-2-6-14(11)20(17,18)13-10-4-3-7-19(15,16)9-10/h10-11,13H,1-9,12H2. The summed E-state index contributed by atoms with van der Waals surface area (Å²) in [5.74, 6) is 0.0493. The van der Waals surface area contributed by atoms with E-state index in [0.717, 1.165) is 19.3 Å². The van der Waals surface area contributed by atoms with Gasteiger partial charge >= 0.3 is 0 Å². The van der Waals surface area contributed by atoms with Crippen molar-refractivity contribution in [3.8, 4) is 0 Å². The topological polar surface area (TPSA) is 110 Å². The van der Waals surface area contributed by atoms with E-state index in [0.29, 0.717) is 25.9 Å². The highest BCUT2D eigenvalue weighted by atomic mass is 32.2. The minimum absolute atomic E-state index is 0.104. The quantitative estimate of drug-likeness (QED) is 0.704. The number of sulfone groups is 1. The van der Waals surface area contributed by atoms with E-state index in [4.69, 9.17) is 5.73 Å². The van der Waals surface area contributed by atoms with Crippen molar-refractivity contribution in [2.45, 2.75) is 44.2 Å². The maximum atomic E-state index is 12.4. The molecule has 3 N–H and O–H groups in total. The van der Waals surface area contributed by atoms with Gasteiger partial charge in [-0.1, -0.05) is 6.42 Å². The number of piperidine rings is 1. The number of hydrogen-bond acceptors (Lipinski definition) is 5. The molecule has 20 heavy (non-hydrogen) atoms. The van der Waals surface area contributed by atoms with Gasteiger partial charge in [-0.3, -0.25) is 0 Å². The van der Waals surface area contributed by atoms with Crippen molar-refractivity contribution in [2.24, 2.45) is 5.73 Å². The van der Waals surface area contributed by atoms with Crippen LogP contribution in [0, 0.1) is 0 Å². The molecule has 9 heteroatoms. The molecule has 2 unspecified atom stereocenters. The normalized spacial score (nSPS) is 32.0. The minimum Gasteiger partial charge on any atom is -0.329 e. The fourth-order valence-electron chi connectivity index (χ4n) is 2.92. The Hall–Kier alpha value is -0.220. The van der Waals surface area contributed by atoms with Gasteiger partial charge < -0.3 is 5.73 Å². The van der Waals surface area contributed by atoms with Crippen molar-refractivity contribution in [3.63, 3.8) is 0 Å². The van der Waals surface area contributed by atoms with Crippen LogP contribution in [0.5, 0.6) is 0 Å². The summed E-state index contributed by atoms with van der Waals surface area (Å²) < 4.78 is 51.9. The molecule has 0 aliphatic carbocycles. The molecular weight excluding hydrogens is 302 g/mol. The molecule has 0 bridgehead atoms. The number of nitrogens with zero attached hydrogens (tertiary/aromatic N) is 1. The summed E-state index contributed by atoms with van der Waals surface area (Å²) >= 11 is 0. The molecule has 2 fully saturated rings. The Morgan fingerprint density at radius 1 is 1.20 bits per heavy atom. The smallest absolute Gasteiger partial charge is 0.280 e. The molecule has 0 aromatic carbocycles. The average Bonchev–Trinajstić information content (AvgIpc) is 2.37. The van der Waals surface area contributed by atoms with Crippen molar-refractivity contribution in [3.05, 3.63) is 0 Å². The monoisotopic (exact) mass is 325 g/mol. The van der Waals surface area contributed by atoms with Crippen LogP contribution in [-0.2, 0) is 20.0 Å². The van der Waals surface area contributed by atoms with Crippen LogP contribution < -0.4 is 10.5 Å². The van der Waals surface area contributed by atoms with Crippen LogP contribution in [0.3, 0.4) is 0 Å². The minimum atomic E-state index is -3.66. The van der Waals surface area contributed by atoms with Crippen LogP contribution in [0.15, 0.2) is 0 Å². The van der Waals surface area contributed by atoms with Gasteiger partial charge in [0.05, 0.1) is 11.5 Å². The first-order valence-electron chi connectivity index (χ1n) is 7.04. The molecule has 2 aliphatic heterocycles. The molecule has 0 spiro atoms. The summed E-state index contributed by atoms with van der Waals surface area (Å²) in [7, 11) is -6.78. The van der Waals surface area contributed by atoms with Gasteiger partial charge in [-0.2, -0.15) is 17.4 Å². The maximum absolute atomic E-state index is 12.4. The second-order valence-corrected chi connectivity index (χ2v) is 9.46. The third-order valence-electron chi connectivity index (χ3n) is 3.93. The Morgan fingerprint density at radius 2 is 1.95 bits per heavy atom. The van der Waals surface area contributed by atoms with Crippen LogP contribution in [-0.4, -0.2) is 57.8 Å². The highest BCUT2D eigenvalue weighted by Crippen LogP contribution is 2.20. The molecular formula is C11H23N3O4S2. The molecule has 0 aromatic rings. The lowest BCUT2D eigenvalue weighted by atomic mass is 10.1. The fraction of sp³-hybridized carbons (Fsp3) is 1.00. The Labute approximate surface area is 121 Å². The molecule has 118 valence electrons. The van der Waals surface area contributed by atoms with Gasteiger partial charge in [0, 0.05) is 25.2 Å². The van der Waals surface area contributed by atoms with E-state index in [2.05, 4.69) is 4.72 Å². The highest BCUT2D eigenvalue weighted by molar-refractivity contribution is 7.91. The molecule has 2 heterocycles. The lowest BCUT2D eigenvalue weighted by molar-refractivity contribution is 0.253. The van der Waals surface area contributed by atoms with Crippen molar-refractivity contribution < 1.29 is 16.8 Å². The molecule has 2 aliphatic rings. The SMILES string of the molecule is NCC1CCCCN1S(=O)(=O)NC1CCCS(=O)(=O)C1. The van der Waals surface area contributed by atoms with E-state index in [-0.39, 0.29) is 17.5 Å². The first-order chi connectivity index (χ1) is 9.34. The molecule has 0 aromatic heterocycles. The van der Waals surface area contributed by atoms with Crippen molar-refractivity contribution >= 4 is 20.0 Å². The van der Waals surface area contributed by atoms with Crippen LogP contribution in [0.2, 0.25) is 0 Å². The van der Waals surface area contributed by atoms with E-state index < -0.39 is 26.1 Å². The fourth-order valence-corrected chi connectivity index (χ4v) is 6.37. The van der Waals surface area contributed by atoms with Crippen LogP contribution in [0.4, 0.5) is 0 Å². The zero-order valence-electron chi connectivity index (χ0n) is 11.5. The van der Waals surface area contributed by atoms with Gasteiger partial charge in [0.1, 0.15) is 0 Å². The molecule has 2 rings (SSSR count). The average molecular weight is 325 g/mol. The van der Waals surface area contributed by atoms with E-state index in [1.165, 1.54) is 4.31 Å². The Kier molecular flexibility index (Phi) is 5.06. The van der Waals surface area contributed by atoms with Crippen LogP contribution in [0.1, 0.15) is 32.1 Å². The largest absolute Gasteiger partial charge is 0.329 e. The van der Waals surface area contributed by atoms with E-state index in [9.17, 15) is 16.8 Å². The zero-order valence-corrected chi connectivity index (χ0v) is 13.1. The van der Waals surface area contributed by atoms with Gasteiger partial charge in [-0.15, -0.1) is 0 Å².